The molecule has 0 unspecified atom stereocenters. The Bertz CT molecular complexity index is 904. The summed E-state index contributed by atoms with van der Waals surface area (Å²) in [7, 11) is 2.03. The third-order valence-electron chi connectivity index (χ3n) is 7.90. The van der Waals surface area contributed by atoms with Gasteiger partial charge < -0.3 is 10.2 Å². The lowest BCUT2D eigenvalue weighted by molar-refractivity contribution is -0.136. The molecule has 1 aromatic heterocycles. The van der Waals surface area contributed by atoms with Crippen LogP contribution < -0.4 is 5.32 Å². The van der Waals surface area contributed by atoms with Crippen molar-refractivity contribution in [1.29, 1.82) is 0 Å². The van der Waals surface area contributed by atoms with Gasteiger partial charge in [0, 0.05) is 42.3 Å². The molecular weight excluding hydrogens is 384 g/mol. The average molecular weight is 419 g/mol. The van der Waals surface area contributed by atoms with Gasteiger partial charge in [-0.05, 0) is 56.8 Å². The Morgan fingerprint density at radius 2 is 2.00 bits per heavy atom. The number of benzene rings is 1. The molecule has 3 heterocycles. The van der Waals surface area contributed by atoms with Gasteiger partial charge >= 0.3 is 0 Å². The van der Waals surface area contributed by atoms with E-state index in [-0.39, 0.29) is 17.4 Å². The summed E-state index contributed by atoms with van der Waals surface area (Å²) in [5.41, 5.74) is 2.56. The van der Waals surface area contributed by atoms with E-state index in [2.05, 4.69) is 57.4 Å². The molecule has 0 radical (unpaired) electrons. The SMILES string of the molecule is CN(CC(=O)N1[C@H]2CCC[C@H]3N[C@@H](Cc4ccccc4)[C@@H]1C[C@@]23C)Cc1ccccn1. The fourth-order valence-electron chi connectivity index (χ4n) is 6.46. The number of pyridine rings is 1. The molecule has 1 aliphatic carbocycles. The van der Waals surface area contributed by atoms with E-state index in [0.29, 0.717) is 31.2 Å². The first-order valence-electron chi connectivity index (χ1n) is 11.7. The van der Waals surface area contributed by atoms with Crippen molar-refractivity contribution < 1.29 is 4.79 Å². The summed E-state index contributed by atoms with van der Waals surface area (Å²) in [5, 5.41) is 4.00. The fourth-order valence-corrected chi connectivity index (χ4v) is 6.46. The monoisotopic (exact) mass is 418 g/mol. The number of hydrogen-bond donors (Lipinski definition) is 1. The van der Waals surface area contributed by atoms with Crippen LogP contribution in [0.5, 0.6) is 0 Å². The van der Waals surface area contributed by atoms with E-state index in [0.717, 1.165) is 25.0 Å². The highest BCUT2D eigenvalue weighted by molar-refractivity contribution is 5.80. The predicted octanol–water partition coefficient (Wildman–Crippen LogP) is 3.26. The second-order valence-corrected chi connectivity index (χ2v) is 10.0. The summed E-state index contributed by atoms with van der Waals surface area (Å²) < 4.78 is 0. The van der Waals surface area contributed by atoms with Crippen molar-refractivity contribution in [2.75, 3.05) is 13.6 Å². The molecule has 5 rings (SSSR count). The smallest absolute Gasteiger partial charge is 0.237 e. The molecule has 1 saturated carbocycles. The average Bonchev–Trinajstić information content (AvgIpc) is 3.08. The molecular formula is C26H34N4O. The number of carbonyl (C=O) groups is 1. The van der Waals surface area contributed by atoms with E-state index >= 15 is 0 Å². The van der Waals surface area contributed by atoms with Crippen molar-refractivity contribution in [2.45, 2.75) is 69.7 Å². The van der Waals surface area contributed by atoms with E-state index in [4.69, 9.17) is 0 Å². The lowest BCUT2D eigenvalue weighted by Gasteiger charge is -2.46. The van der Waals surface area contributed by atoms with Gasteiger partial charge in [-0.25, -0.2) is 0 Å². The molecule has 1 aromatic carbocycles. The molecule has 5 nitrogen and oxygen atoms in total. The zero-order chi connectivity index (χ0) is 21.4. The number of aromatic nitrogens is 1. The molecule has 3 fully saturated rings. The normalized spacial score (nSPS) is 31.8. The lowest BCUT2D eigenvalue weighted by atomic mass is 9.65. The lowest BCUT2D eigenvalue weighted by Crippen LogP contribution is -2.58. The number of carbonyl (C=O) groups excluding carboxylic acids is 1. The minimum atomic E-state index is 0.200. The summed E-state index contributed by atoms with van der Waals surface area (Å²) in [4.78, 5) is 22.5. The van der Waals surface area contributed by atoms with Crippen LogP contribution in [0.15, 0.2) is 54.7 Å². The molecule has 2 aliphatic heterocycles. The van der Waals surface area contributed by atoms with E-state index in [1.165, 1.54) is 18.4 Å². The van der Waals surface area contributed by atoms with E-state index in [1.807, 2.05) is 31.4 Å². The number of likely N-dealkylation sites (tertiary alicyclic amines) is 1. The molecule has 2 bridgehead atoms. The molecule has 0 spiro atoms. The second kappa shape index (κ2) is 8.36. The number of hydrogen-bond acceptors (Lipinski definition) is 4. The van der Waals surface area contributed by atoms with Crippen molar-refractivity contribution in [1.82, 2.24) is 20.1 Å². The Labute approximate surface area is 185 Å². The van der Waals surface area contributed by atoms with Crippen LogP contribution in [0.1, 0.15) is 43.9 Å². The second-order valence-electron chi connectivity index (χ2n) is 10.0. The largest absolute Gasteiger partial charge is 0.333 e. The van der Waals surface area contributed by atoms with Gasteiger partial charge in [0.1, 0.15) is 0 Å². The first kappa shape index (κ1) is 20.7. The van der Waals surface area contributed by atoms with Crippen molar-refractivity contribution >= 4 is 5.91 Å². The van der Waals surface area contributed by atoms with Crippen molar-refractivity contribution in [2.24, 2.45) is 5.41 Å². The van der Waals surface area contributed by atoms with Crippen molar-refractivity contribution in [3.8, 4) is 0 Å². The molecule has 5 heteroatoms. The molecule has 31 heavy (non-hydrogen) atoms. The molecule has 164 valence electrons. The van der Waals surface area contributed by atoms with Gasteiger partial charge in [-0.2, -0.15) is 0 Å². The summed E-state index contributed by atoms with van der Waals surface area (Å²) in [6, 6.07) is 18.2. The Balaban J connectivity index is 1.35. The standard InChI is InChI=1S/C26H34N4O/c1-26-16-22-21(15-19-9-4-3-5-10-19)28-23(26)12-8-13-24(26)30(22)25(31)18-29(2)17-20-11-6-7-14-27-20/h3-7,9-11,14,21-24,28H,8,12-13,15-18H2,1-2H3/t21-,22-,23+,24-,26+/m0/s1. The van der Waals surface area contributed by atoms with Gasteiger partial charge in [-0.3, -0.25) is 14.7 Å². The highest BCUT2D eigenvalue weighted by atomic mass is 16.2. The van der Waals surface area contributed by atoms with E-state index < -0.39 is 0 Å². The van der Waals surface area contributed by atoms with Crippen molar-refractivity contribution in [3.05, 3.63) is 66.0 Å². The van der Waals surface area contributed by atoms with Gasteiger partial charge in [-0.1, -0.05) is 43.3 Å². The van der Waals surface area contributed by atoms with Crippen LogP contribution in [0.2, 0.25) is 0 Å². The maximum atomic E-state index is 13.7. The van der Waals surface area contributed by atoms with Crippen LogP contribution in [0.4, 0.5) is 0 Å². The Hall–Kier alpha value is -2.24. The summed E-state index contributed by atoms with van der Waals surface area (Å²) in [6.45, 7) is 3.56. The fraction of sp³-hybridized carbons (Fsp3) is 0.538. The zero-order valence-corrected chi connectivity index (χ0v) is 18.7. The maximum absolute atomic E-state index is 13.7. The molecule has 1 amide bonds. The first-order valence-corrected chi connectivity index (χ1v) is 11.7. The van der Waals surface area contributed by atoms with Crippen LogP contribution in [0.3, 0.4) is 0 Å². The van der Waals surface area contributed by atoms with Gasteiger partial charge in [0.15, 0.2) is 0 Å². The van der Waals surface area contributed by atoms with E-state index in [9.17, 15) is 4.79 Å². The quantitative estimate of drug-likeness (QED) is 0.782. The Morgan fingerprint density at radius 3 is 2.77 bits per heavy atom. The first-order chi connectivity index (χ1) is 15.0. The van der Waals surface area contributed by atoms with Crippen LogP contribution in [0, 0.1) is 5.41 Å². The third kappa shape index (κ3) is 3.90. The minimum absolute atomic E-state index is 0.200. The molecule has 1 N–H and O–H groups in total. The number of amides is 1. The number of piperidine rings is 1. The predicted molar refractivity (Wildman–Crippen MR) is 122 cm³/mol. The number of likely N-dealkylation sites (N-methyl/N-ethyl adjacent to an activating group) is 1. The highest BCUT2D eigenvalue weighted by Gasteiger charge is 2.60. The number of nitrogens with zero attached hydrogens (tertiary/aromatic N) is 3. The minimum Gasteiger partial charge on any atom is -0.333 e. The van der Waals surface area contributed by atoms with Crippen LogP contribution in [-0.4, -0.2) is 58.5 Å². The Morgan fingerprint density at radius 1 is 1.19 bits per heavy atom. The van der Waals surface area contributed by atoms with Crippen molar-refractivity contribution in [3.63, 3.8) is 0 Å². The summed E-state index contributed by atoms with van der Waals surface area (Å²) in [6.07, 6.45) is 7.50. The zero-order valence-electron chi connectivity index (χ0n) is 18.7. The van der Waals surface area contributed by atoms with E-state index in [1.54, 1.807) is 0 Å². The third-order valence-corrected chi connectivity index (χ3v) is 7.90. The molecule has 2 aromatic rings. The maximum Gasteiger partial charge on any atom is 0.237 e. The summed E-state index contributed by atoms with van der Waals surface area (Å²) >= 11 is 0. The van der Waals surface area contributed by atoms with Gasteiger partial charge in [0.2, 0.25) is 5.91 Å². The molecule has 2 saturated heterocycles. The molecule has 5 atom stereocenters. The number of rotatable bonds is 6. The van der Waals surface area contributed by atoms with Gasteiger partial charge in [0.05, 0.1) is 12.2 Å². The number of fused-ring (bicyclic) bond motifs is 1. The summed E-state index contributed by atoms with van der Waals surface area (Å²) in [5.74, 6) is 0.277. The van der Waals surface area contributed by atoms with Crippen LogP contribution in [-0.2, 0) is 17.8 Å². The number of nitrogens with one attached hydrogen (secondary N) is 1. The van der Waals surface area contributed by atoms with Crippen LogP contribution in [0.25, 0.3) is 0 Å². The van der Waals surface area contributed by atoms with Gasteiger partial charge in [-0.15, -0.1) is 0 Å². The Kier molecular flexibility index (Phi) is 5.57. The van der Waals surface area contributed by atoms with Gasteiger partial charge in [0.25, 0.3) is 0 Å². The topological polar surface area (TPSA) is 48.5 Å². The van der Waals surface area contributed by atoms with Crippen LogP contribution >= 0.6 is 0 Å². The highest BCUT2D eigenvalue weighted by Crippen LogP contribution is 2.53. The molecule has 3 aliphatic rings.